The number of ketones is 1. The molecule has 1 aromatic carbocycles. The normalized spacial score (nSPS) is 20.8. The maximum absolute atomic E-state index is 13.1. The van der Waals surface area contributed by atoms with Crippen LogP contribution in [0.2, 0.25) is 0 Å². The maximum atomic E-state index is 13.1. The molecule has 4 heteroatoms. The smallest absolute Gasteiger partial charge is 0.193 e. The minimum absolute atomic E-state index is 0.0529. The van der Waals surface area contributed by atoms with Crippen molar-refractivity contribution in [3.05, 3.63) is 35.1 Å². The molecule has 1 saturated heterocycles. The zero-order chi connectivity index (χ0) is 14.0. The summed E-state index contributed by atoms with van der Waals surface area (Å²) in [5.41, 5.74) is 1.22. The first-order valence-corrected chi connectivity index (χ1v) is 6.65. The van der Waals surface area contributed by atoms with Crippen LogP contribution in [0.5, 0.6) is 0 Å². The molecule has 1 atom stereocenters. The van der Waals surface area contributed by atoms with Gasteiger partial charge in [-0.05, 0) is 44.5 Å². The lowest BCUT2D eigenvalue weighted by Crippen LogP contribution is -2.48. The van der Waals surface area contributed by atoms with Gasteiger partial charge in [-0.2, -0.15) is 0 Å². The molecule has 19 heavy (non-hydrogen) atoms. The van der Waals surface area contributed by atoms with Crippen molar-refractivity contribution in [1.82, 2.24) is 4.90 Å². The maximum Gasteiger partial charge on any atom is 0.193 e. The number of carbonyl (C=O) groups excluding carboxylic acids is 1. The Morgan fingerprint density at radius 3 is 2.84 bits per heavy atom. The summed E-state index contributed by atoms with van der Waals surface area (Å²) in [5.74, 6) is -0.370. The zero-order valence-electron chi connectivity index (χ0n) is 11.6. The lowest BCUT2D eigenvalue weighted by molar-refractivity contribution is -0.0256. The van der Waals surface area contributed by atoms with E-state index in [0.29, 0.717) is 30.3 Å². The molecule has 0 radical (unpaired) electrons. The summed E-state index contributed by atoms with van der Waals surface area (Å²) < 4.78 is 18.6. The van der Waals surface area contributed by atoms with Crippen LogP contribution in [-0.4, -0.2) is 42.5 Å². The van der Waals surface area contributed by atoms with Crippen molar-refractivity contribution >= 4 is 5.78 Å². The molecule has 0 saturated carbocycles. The Hall–Kier alpha value is -1.26. The standard InChI is InChI=1S/C15H20FNO2/c1-10(2)17-6-7-19-14(9-17)15(18)13-5-4-12(16)8-11(13)3/h4-5,8,10,14H,6-7,9H2,1-3H3. The van der Waals surface area contributed by atoms with Gasteiger partial charge in [-0.1, -0.05) is 0 Å². The van der Waals surface area contributed by atoms with Gasteiger partial charge in [0.05, 0.1) is 6.61 Å². The number of nitrogens with zero attached hydrogens (tertiary/aromatic N) is 1. The van der Waals surface area contributed by atoms with E-state index >= 15 is 0 Å². The number of carbonyl (C=O) groups is 1. The third kappa shape index (κ3) is 3.19. The molecule has 0 amide bonds. The van der Waals surface area contributed by atoms with Gasteiger partial charge in [-0.15, -0.1) is 0 Å². The Bertz CT molecular complexity index is 473. The molecule has 3 nitrogen and oxygen atoms in total. The Balaban J connectivity index is 2.15. The molecule has 1 aliphatic heterocycles. The number of Topliss-reactive ketones (excluding diaryl/α,β-unsaturated/α-hetero) is 1. The molecule has 0 spiro atoms. The fourth-order valence-corrected chi connectivity index (χ4v) is 2.37. The number of hydrogen-bond donors (Lipinski definition) is 0. The van der Waals surface area contributed by atoms with Crippen molar-refractivity contribution in [2.75, 3.05) is 19.7 Å². The van der Waals surface area contributed by atoms with Gasteiger partial charge in [-0.25, -0.2) is 4.39 Å². The lowest BCUT2D eigenvalue weighted by atomic mass is 9.99. The summed E-state index contributed by atoms with van der Waals surface area (Å²) in [6.45, 7) is 7.98. The molecule has 1 unspecified atom stereocenters. The minimum Gasteiger partial charge on any atom is -0.367 e. The van der Waals surface area contributed by atoms with Gasteiger partial charge < -0.3 is 4.74 Å². The van der Waals surface area contributed by atoms with Crippen LogP contribution in [0.1, 0.15) is 29.8 Å². The average Bonchev–Trinajstić information content (AvgIpc) is 2.38. The van der Waals surface area contributed by atoms with Gasteiger partial charge in [0.25, 0.3) is 0 Å². The second-order valence-electron chi connectivity index (χ2n) is 5.27. The molecule has 0 aliphatic carbocycles. The van der Waals surface area contributed by atoms with Gasteiger partial charge in [0, 0.05) is 24.7 Å². The molecule has 1 aliphatic rings. The van der Waals surface area contributed by atoms with Crippen LogP contribution >= 0.6 is 0 Å². The van der Waals surface area contributed by atoms with Crippen LogP contribution in [-0.2, 0) is 4.74 Å². The minimum atomic E-state index is -0.444. The first-order valence-electron chi connectivity index (χ1n) is 6.65. The number of morpholine rings is 1. The van der Waals surface area contributed by atoms with E-state index in [4.69, 9.17) is 4.74 Å². The number of hydrogen-bond acceptors (Lipinski definition) is 3. The predicted octanol–water partition coefficient (Wildman–Crippen LogP) is 2.43. The highest BCUT2D eigenvalue weighted by atomic mass is 19.1. The van der Waals surface area contributed by atoms with Crippen molar-refractivity contribution in [2.24, 2.45) is 0 Å². The summed E-state index contributed by atoms with van der Waals surface area (Å²) in [4.78, 5) is 14.7. The van der Waals surface area contributed by atoms with E-state index in [-0.39, 0.29) is 11.6 Å². The van der Waals surface area contributed by atoms with Gasteiger partial charge in [0.2, 0.25) is 0 Å². The van der Waals surface area contributed by atoms with E-state index < -0.39 is 6.10 Å². The summed E-state index contributed by atoms with van der Waals surface area (Å²) in [6.07, 6.45) is -0.444. The predicted molar refractivity (Wildman–Crippen MR) is 71.9 cm³/mol. The fourth-order valence-electron chi connectivity index (χ4n) is 2.37. The molecule has 1 fully saturated rings. The first kappa shape index (κ1) is 14.2. The Morgan fingerprint density at radius 2 is 2.21 bits per heavy atom. The molecule has 2 rings (SSSR count). The van der Waals surface area contributed by atoms with Crippen molar-refractivity contribution in [3.63, 3.8) is 0 Å². The van der Waals surface area contributed by atoms with Gasteiger partial charge in [0.15, 0.2) is 5.78 Å². The summed E-state index contributed by atoms with van der Waals surface area (Å²) in [5, 5.41) is 0. The highest BCUT2D eigenvalue weighted by Crippen LogP contribution is 2.17. The Kier molecular flexibility index (Phi) is 4.32. The van der Waals surface area contributed by atoms with E-state index in [1.54, 1.807) is 13.0 Å². The fraction of sp³-hybridized carbons (Fsp3) is 0.533. The molecule has 1 aromatic rings. The third-order valence-corrected chi connectivity index (χ3v) is 3.57. The largest absolute Gasteiger partial charge is 0.367 e. The molecule has 104 valence electrons. The van der Waals surface area contributed by atoms with Crippen molar-refractivity contribution in [2.45, 2.75) is 32.9 Å². The molecule has 0 N–H and O–H groups in total. The van der Waals surface area contributed by atoms with E-state index in [9.17, 15) is 9.18 Å². The van der Waals surface area contributed by atoms with Crippen LogP contribution < -0.4 is 0 Å². The Labute approximate surface area is 113 Å². The van der Waals surface area contributed by atoms with Gasteiger partial charge in [0.1, 0.15) is 11.9 Å². The monoisotopic (exact) mass is 265 g/mol. The lowest BCUT2D eigenvalue weighted by Gasteiger charge is -2.34. The van der Waals surface area contributed by atoms with Crippen LogP contribution in [0.15, 0.2) is 18.2 Å². The van der Waals surface area contributed by atoms with E-state index in [1.165, 1.54) is 12.1 Å². The SMILES string of the molecule is Cc1cc(F)ccc1C(=O)C1CN(C(C)C)CCO1. The summed E-state index contributed by atoms with van der Waals surface area (Å²) in [7, 11) is 0. The van der Waals surface area contributed by atoms with E-state index in [0.717, 1.165) is 6.54 Å². The molecule has 0 aromatic heterocycles. The number of halogens is 1. The molecule has 0 bridgehead atoms. The van der Waals surface area contributed by atoms with Gasteiger partial charge >= 0.3 is 0 Å². The van der Waals surface area contributed by atoms with Crippen LogP contribution in [0.25, 0.3) is 0 Å². The number of rotatable bonds is 3. The zero-order valence-corrected chi connectivity index (χ0v) is 11.6. The molecule has 1 heterocycles. The number of benzene rings is 1. The summed E-state index contributed by atoms with van der Waals surface area (Å²) >= 11 is 0. The highest BCUT2D eigenvalue weighted by molar-refractivity contribution is 6.00. The first-order chi connectivity index (χ1) is 8.99. The van der Waals surface area contributed by atoms with E-state index in [1.807, 2.05) is 0 Å². The van der Waals surface area contributed by atoms with Crippen LogP contribution in [0, 0.1) is 12.7 Å². The second kappa shape index (κ2) is 5.80. The number of aryl methyl sites for hydroxylation is 1. The second-order valence-corrected chi connectivity index (χ2v) is 5.27. The number of ether oxygens (including phenoxy) is 1. The van der Waals surface area contributed by atoms with Gasteiger partial charge in [-0.3, -0.25) is 9.69 Å². The third-order valence-electron chi connectivity index (χ3n) is 3.57. The van der Waals surface area contributed by atoms with Crippen LogP contribution in [0.3, 0.4) is 0 Å². The Morgan fingerprint density at radius 1 is 1.47 bits per heavy atom. The highest BCUT2D eigenvalue weighted by Gasteiger charge is 2.29. The van der Waals surface area contributed by atoms with Crippen molar-refractivity contribution < 1.29 is 13.9 Å². The van der Waals surface area contributed by atoms with E-state index in [2.05, 4.69) is 18.7 Å². The molecular weight excluding hydrogens is 245 g/mol. The van der Waals surface area contributed by atoms with Crippen molar-refractivity contribution in [1.29, 1.82) is 0 Å². The quantitative estimate of drug-likeness (QED) is 0.786. The molecular formula is C15H20FNO2. The van der Waals surface area contributed by atoms with Crippen LogP contribution in [0.4, 0.5) is 4.39 Å². The average molecular weight is 265 g/mol. The van der Waals surface area contributed by atoms with Crippen molar-refractivity contribution in [3.8, 4) is 0 Å². The topological polar surface area (TPSA) is 29.5 Å². The summed E-state index contributed by atoms with van der Waals surface area (Å²) in [6, 6.07) is 4.65.